The lowest BCUT2D eigenvalue weighted by Gasteiger charge is -2.34. The van der Waals surface area contributed by atoms with Gasteiger partial charge < -0.3 is 19.6 Å². The zero-order chi connectivity index (χ0) is 22.5. The third kappa shape index (κ3) is 5.43. The third-order valence-electron chi connectivity index (χ3n) is 5.34. The Labute approximate surface area is 185 Å². The number of methoxy groups -OCH3 is 1. The molecule has 32 heavy (non-hydrogen) atoms. The fourth-order valence-electron chi connectivity index (χ4n) is 3.64. The highest BCUT2D eigenvalue weighted by atomic mass is 19.1. The van der Waals surface area contributed by atoms with Crippen LogP contribution in [0, 0.1) is 5.82 Å². The molecular formula is C23H25FN4O4. The standard InChI is InChI=1S/C23H25FN4O4/c1-31-21-6-5-16(11-20(21)29)13-27-7-9-28(10-8-27)14-22-26-19(15-32-22)23(30)25-18-4-2-3-17(24)12-18/h2-6,11-12,15,29H,7-10,13-14H2,1H3,(H,25,30). The molecule has 0 bridgehead atoms. The molecule has 4 rings (SSSR count). The number of carbonyl (C=O) groups excluding carboxylic acids is 1. The molecule has 0 saturated carbocycles. The van der Waals surface area contributed by atoms with Crippen LogP contribution in [0.4, 0.5) is 10.1 Å². The Kier molecular flexibility index (Phi) is 6.67. The molecule has 0 aliphatic carbocycles. The van der Waals surface area contributed by atoms with Gasteiger partial charge in [0.25, 0.3) is 5.91 Å². The molecule has 1 fully saturated rings. The summed E-state index contributed by atoms with van der Waals surface area (Å²) in [5.74, 6) is 0.200. The Bertz CT molecular complexity index is 1080. The Balaban J connectivity index is 1.26. The highest BCUT2D eigenvalue weighted by molar-refractivity contribution is 6.02. The molecule has 8 nitrogen and oxygen atoms in total. The molecule has 0 radical (unpaired) electrons. The third-order valence-corrected chi connectivity index (χ3v) is 5.34. The van der Waals surface area contributed by atoms with E-state index in [1.807, 2.05) is 6.07 Å². The van der Waals surface area contributed by atoms with Gasteiger partial charge in [-0.05, 0) is 35.9 Å². The number of nitrogens with one attached hydrogen (secondary N) is 1. The monoisotopic (exact) mass is 440 g/mol. The summed E-state index contributed by atoms with van der Waals surface area (Å²) in [6, 6.07) is 11.1. The van der Waals surface area contributed by atoms with Crippen molar-refractivity contribution in [1.82, 2.24) is 14.8 Å². The predicted molar refractivity (Wildman–Crippen MR) is 116 cm³/mol. The summed E-state index contributed by atoms with van der Waals surface area (Å²) < 4.78 is 23.8. The number of phenolic OH excluding ortho intramolecular Hbond substituents is 1. The number of hydrogen-bond donors (Lipinski definition) is 2. The lowest BCUT2D eigenvalue weighted by molar-refractivity contribution is 0.102. The minimum absolute atomic E-state index is 0.143. The first-order valence-corrected chi connectivity index (χ1v) is 10.3. The van der Waals surface area contributed by atoms with Crippen LogP contribution in [0.25, 0.3) is 0 Å². The molecule has 1 aliphatic heterocycles. The maximum Gasteiger partial charge on any atom is 0.277 e. The van der Waals surface area contributed by atoms with Gasteiger partial charge in [0, 0.05) is 38.4 Å². The van der Waals surface area contributed by atoms with Crippen LogP contribution in [0.2, 0.25) is 0 Å². The molecule has 0 spiro atoms. The number of anilines is 1. The van der Waals surface area contributed by atoms with Crippen molar-refractivity contribution in [3.8, 4) is 11.5 Å². The van der Waals surface area contributed by atoms with E-state index in [2.05, 4.69) is 20.1 Å². The zero-order valence-corrected chi connectivity index (χ0v) is 17.8. The van der Waals surface area contributed by atoms with E-state index in [1.54, 1.807) is 18.2 Å². The highest BCUT2D eigenvalue weighted by Crippen LogP contribution is 2.27. The second-order valence-electron chi connectivity index (χ2n) is 7.65. The van der Waals surface area contributed by atoms with Gasteiger partial charge in [-0.3, -0.25) is 14.6 Å². The fraction of sp³-hybridized carbons (Fsp3) is 0.304. The number of ether oxygens (including phenoxy) is 1. The van der Waals surface area contributed by atoms with Crippen molar-refractivity contribution in [2.75, 3.05) is 38.6 Å². The van der Waals surface area contributed by atoms with Gasteiger partial charge >= 0.3 is 0 Å². The molecule has 2 heterocycles. The van der Waals surface area contributed by atoms with E-state index >= 15 is 0 Å². The van der Waals surface area contributed by atoms with Crippen molar-refractivity contribution in [2.24, 2.45) is 0 Å². The van der Waals surface area contributed by atoms with Crippen LogP contribution in [-0.2, 0) is 13.1 Å². The summed E-state index contributed by atoms with van der Waals surface area (Å²) in [6.07, 6.45) is 1.32. The fourth-order valence-corrected chi connectivity index (χ4v) is 3.64. The maximum absolute atomic E-state index is 13.3. The number of oxazole rings is 1. The summed E-state index contributed by atoms with van der Waals surface area (Å²) in [7, 11) is 1.53. The minimum atomic E-state index is -0.446. The molecule has 3 aromatic rings. The van der Waals surface area contributed by atoms with Crippen LogP contribution in [-0.4, -0.2) is 59.1 Å². The van der Waals surface area contributed by atoms with E-state index in [1.165, 1.54) is 31.6 Å². The van der Waals surface area contributed by atoms with Crippen molar-refractivity contribution in [1.29, 1.82) is 0 Å². The van der Waals surface area contributed by atoms with Crippen molar-refractivity contribution >= 4 is 11.6 Å². The SMILES string of the molecule is COc1ccc(CN2CCN(Cc3nc(C(=O)Nc4cccc(F)c4)co3)CC2)cc1O. The summed E-state index contributed by atoms with van der Waals surface area (Å²) in [5.41, 5.74) is 1.54. The van der Waals surface area contributed by atoms with Gasteiger partial charge in [-0.1, -0.05) is 12.1 Å². The molecule has 168 valence electrons. The number of phenols is 1. The molecule has 1 saturated heterocycles. The second-order valence-corrected chi connectivity index (χ2v) is 7.65. The van der Waals surface area contributed by atoms with Gasteiger partial charge in [-0.25, -0.2) is 9.37 Å². The number of piperazine rings is 1. The van der Waals surface area contributed by atoms with Gasteiger partial charge in [-0.2, -0.15) is 0 Å². The lowest BCUT2D eigenvalue weighted by atomic mass is 10.1. The number of carbonyl (C=O) groups is 1. The molecule has 1 aliphatic rings. The number of nitrogens with zero attached hydrogens (tertiary/aromatic N) is 3. The van der Waals surface area contributed by atoms with Gasteiger partial charge in [-0.15, -0.1) is 0 Å². The number of hydrogen-bond acceptors (Lipinski definition) is 7. The lowest BCUT2D eigenvalue weighted by Crippen LogP contribution is -2.45. The number of benzene rings is 2. The smallest absolute Gasteiger partial charge is 0.277 e. The van der Waals surface area contributed by atoms with Gasteiger partial charge in [0.1, 0.15) is 12.1 Å². The number of halogens is 1. The predicted octanol–water partition coefficient (Wildman–Crippen LogP) is 3.10. The number of amides is 1. The molecule has 0 unspecified atom stereocenters. The zero-order valence-electron chi connectivity index (χ0n) is 17.8. The van der Waals surface area contributed by atoms with Crippen LogP contribution in [0.3, 0.4) is 0 Å². The summed E-state index contributed by atoms with van der Waals surface area (Å²) in [5, 5.41) is 12.6. The molecule has 0 atom stereocenters. The number of aromatic nitrogens is 1. The average molecular weight is 440 g/mol. The average Bonchev–Trinajstić information content (AvgIpc) is 3.24. The van der Waals surface area contributed by atoms with Crippen molar-refractivity contribution in [3.05, 3.63) is 71.7 Å². The van der Waals surface area contributed by atoms with E-state index in [4.69, 9.17) is 9.15 Å². The first kappa shape index (κ1) is 21.8. The summed E-state index contributed by atoms with van der Waals surface area (Å²) >= 11 is 0. The minimum Gasteiger partial charge on any atom is -0.504 e. The van der Waals surface area contributed by atoms with Crippen molar-refractivity contribution in [3.63, 3.8) is 0 Å². The van der Waals surface area contributed by atoms with Crippen molar-refractivity contribution in [2.45, 2.75) is 13.1 Å². The van der Waals surface area contributed by atoms with Crippen LogP contribution in [0.1, 0.15) is 21.9 Å². The maximum atomic E-state index is 13.3. The molecule has 1 aromatic heterocycles. The van der Waals surface area contributed by atoms with Crippen LogP contribution >= 0.6 is 0 Å². The Morgan fingerprint density at radius 3 is 2.59 bits per heavy atom. The highest BCUT2D eigenvalue weighted by Gasteiger charge is 2.20. The normalized spacial score (nSPS) is 14.9. The molecular weight excluding hydrogens is 415 g/mol. The van der Waals surface area contributed by atoms with Crippen molar-refractivity contribution < 1.29 is 23.4 Å². The van der Waals surface area contributed by atoms with E-state index in [9.17, 15) is 14.3 Å². The Morgan fingerprint density at radius 1 is 1.16 bits per heavy atom. The Morgan fingerprint density at radius 2 is 1.91 bits per heavy atom. The van der Waals surface area contributed by atoms with E-state index < -0.39 is 11.7 Å². The molecule has 9 heteroatoms. The Hall–Kier alpha value is -3.43. The van der Waals surface area contributed by atoms with Crippen LogP contribution < -0.4 is 10.1 Å². The van der Waals surface area contributed by atoms with Gasteiger partial charge in [0.15, 0.2) is 17.2 Å². The van der Waals surface area contributed by atoms with Crippen LogP contribution in [0.15, 0.2) is 53.1 Å². The van der Waals surface area contributed by atoms with E-state index in [0.717, 1.165) is 38.3 Å². The largest absolute Gasteiger partial charge is 0.504 e. The quantitative estimate of drug-likeness (QED) is 0.583. The number of rotatable bonds is 7. The summed E-state index contributed by atoms with van der Waals surface area (Å²) in [4.78, 5) is 21.1. The topological polar surface area (TPSA) is 91.1 Å². The van der Waals surface area contributed by atoms with Gasteiger partial charge in [0.05, 0.1) is 13.7 Å². The number of aromatic hydroxyl groups is 1. The van der Waals surface area contributed by atoms with E-state index in [0.29, 0.717) is 23.9 Å². The van der Waals surface area contributed by atoms with Gasteiger partial charge in [0.2, 0.25) is 5.89 Å². The first-order chi connectivity index (χ1) is 15.5. The van der Waals surface area contributed by atoms with Crippen LogP contribution in [0.5, 0.6) is 11.5 Å². The summed E-state index contributed by atoms with van der Waals surface area (Å²) in [6.45, 7) is 4.63. The first-order valence-electron chi connectivity index (χ1n) is 10.3. The molecule has 1 amide bonds. The molecule has 2 N–H and O–H groups in total. The second kappa shape index (κ2) is 9.80. The molecule has 2 aromatic carbocycles. The van der Waals surface area contributed by atoms with E-state index in [-0.39, 0.29) is 11.4 Å².